The van der Waals surface area contributed by atoms with E-state index in [0.717, 1.165) is 0 Å². The smallest absolute Gasteiger partial charge is 0.338 e. The summed E-state index contributed by atoms with van der Waals surface area (Å²) in [4.78, 5) is 37.5. The molecule has 0 aliphatic carbocycles. The topological polar surface area (TPSA) is 94.2 Å². The molecule has 0 fully saturated rings. The van der Waals surface area contributed by atoms with Crippen molar-refractivity contribution < 1.29 is 28.6 Å². The summed E-state index contributed by atoms with van der Waals surface area (Å²) in [5.41, 5.74) is 1.60. The molecule has 3 rings (SSSR count). The number of amides is 2. The highest BCUT2D eigenvalue weighted by Gasteiger charge is 2.19. The largest absolute Gasteiger partial charge is 0.462 e. The standard InChI is InChI=1S/C21H22N2O6/c1-3-27-21(26)15-4-6-16(7-5-15)22-20(25)10-11-23(14(2)24)17-8-9-18-19(12-17)29-13-28-18/h4-9,12H,3,10-11,13H2,1-2H3,(H,22,25). The van der Waals surface area contributed by atoms with Crippen molar-refractivity contribution >= 4 is 29.2 Å². The molecule has 1 N–H and O–H groups in total. The number of carbonyl (C=O) groups excluding carboxylic acids is 3. The monoisotopic (exact) mass is 398 g/mol. The number of rotatable bonds is 7. The maximum Gasteiger partial charge on any atom is 0.338 e. The third-order valence-corrected chi connectivity index (χ3v) is 4.29. The number of nitrogens with one attached hydrogen (secondary N) is 1. The molecule has 8 heteroatoms. The van der Waals surface area contributed by atoms with E-state index in [4.69, 9.17) is 14.2 Å². The van der Waals surface area contributed by atoms with Crippen LogP contribution in [0.5, 0.6) is 11.5 Å². The number of anilines is 2. The molecule has 29 heavy (non-hydrogen) atoms. The number of ether oxygens (including phenoxy) is 3. The fraction of sp³-hybridized carbons (Fsp3) is 0.286. The Morgan fingerprint density at radius 2 is 1.79 bits per heavy atom. The molecular weight excluding hydrogens is 376 g/mol. The Kier molecular flexibility index (Phi) is 6.33. The average molecular weight is 398 g/mol. The predicted octanol–water partition coefficient (Wildman–Crippen LogP) is 2.97. The summed E-state index contributed by atoms with van der Waals surface area (Å²) in [6, 6.07) is 11.6. The fourth-order valence-electron chi connectivity index (χ4n) is 2.86. The van der Waals surface area contributed by atoms with Crippen LogP contribution in [0.2, 0.25) is 0 Å². The van der Waals surface area contributed by atoms with Crippen molar-refractivity contribution in [1.82, 2.24) is 0 Å². The summed E-state index contributed by atoms with van der Waals surface area (Å²) < 4.78 is 15.5. The molecule has 0 atom stereocenters. The van der Waals surface area contributed by atoms with Gasteiger partial charge in [0.1, 0.15) is 0 Å². The van der Waals surface area contributed by atoms with Crippen LogP contribution in [0.25, 0.3) is 0 Å². The SMILES string of the molecule is CCOC(=O)c1ccc(NC(=O)CCN(C(C)=O)c2ccc3c(c2)OCO3)cc1. The van der Waals surface area contributed by atoms with Gasteiger partial charge in [-0.05, 0) is 43.3 Å². The molecular formula is C21H22N2O6. The van der Waals surface area contributed by atoms with Gasteiger partial charge in [0, 0.05) is 37.3 Å². The van der Waals surface area contributed by atoms with Crippen molar-refractivity contribution in [3.8, 4) is 11.5 Å². The van der Waals surface area contributed by atoms with Gasteiger partial charge < -0.3 is 24.4 Å². The van der Waals surface area contributed by atoms with Crippen molar-refractivity contribution in [1.29, 1.82) is 0 Å². The van der Waals surface area contributed by atoms with E-state index >= 15 is 0 Å². The predicted molar refractivity (Wildman–Crippen MR) is 106 cm³/mol. The highest BCUT2D eigenvalue weighted by Crippen LogP contribution is 2.35. The van der Waals surface area contributed by atoms with Gasteiger partial charge in [-0.1, -0.05) is 0 Å². The first kappa shape index (κ1) is 20.2. The third kappa shape index (κ3) is 5.04. The van der Waals surface area contributed by atoms with Gasteiger partial charge in [-0.25, -0.2) is 4.79 Å². The molecule has 0 aromatic heterocycles. The van der Waals surface area contributed by atoms with E-state index < -0.39 is 5.97 Å². The van der Waals surface area contributed by atoms with Gasteiger partial charge in [-0.2, -0.15) is 0 Å². The van der Waals surface area contributed by atoms with Crippen molar-refractivity contribution in [2.75, 3.05) is 30.2 Å². The Morgan fingerprint density at radius 1 is 1.07 bits per heavy atom. The van der Waals surface area contributed by atoms with Gasteiger partial charge in [0.15, 0.2) is 11.5 Å². The maximum absolute atomic E-state index is 12.3. The second kappa shape index (κ2) is 9.09. The first-order valence-electron chi connectivity index (χ1n) is 9.22. The van der Waals surface area contributed by atoms with Crippen molar-refractivity contribution in [2.45, 2.75) is 20.3 Å². The van der Waals surface area contributed by atoms with Gasteiger partial charge in [0.25, 0.3) is 0 Å². The molecule has 8 nitrogen and oxygen atoms in total. The van der Waals surface area contributed by atoms with E-state index in [1.165, 1.54) is 11.8 Å². The molecule has 0 radical (unpaired) electrons. The van der Waals surface area contributed by atoms with Crippen LogP contribution >= 0.6 is 0 Å². The Bertz CT molecular complexity index is 910. The number of hydrogen-bond donors (Lipinski definition) is 1. The van der Waals surface area contributed by atoms with E-state index in [2.05, 4.69) is 5.32 Å². The van der Waals surface area contributed by atoms with Crippen LogP contribution in [0.3, 0.4) is 0 Å². The third-order valence-electron chi connectivity index (χ3n) is 4.29. The lowest BCUT2D eigenvalue weighted by Gasteiger charge is -2.21. The summed E-state index contributed by atoms with van der Waals surface area (Å²) in [7, 11) is 0. The summed E-state index contributed by atoms with van der Waals surface area (Å²) in [6.07, 6.45) is 0.105. The normalized spacial score (nSPS) is 11.7. The average Bonchev–Trinajstić information content (AvgIpc) is 3.16. The van der Waals surface area contributed by atoms with Crippen molar-refractivity contribution in [3.63, 3.8) is 0 Å². The van der Waals surface area contributed by atoms with Crippen LogP contribution < -0.4 is 19.7 Å². The molecule has 2 aromatic rings. The van der Waals surface area contributed by atoms with E-state index in [1.807, 2.05) is 0 Å². The Morgan fingerprint density at radius 3 is 2.48 bits per heavy atom. The molecule has 0 bridgehead atoms. The van der Waals surface area contributed by atoms with Crippen LogP contribution in [-0.4, -0.2) is 37.7 Å². The van der Waals surface area contributed by atoms with Gasteiger partial charge in [0.2, 0.25) is 18.6 Å². The quantitative estimate of drug-likeness (QED) is 0.721. The fourth-order valence-corrected chi connectivity index (χ4v) is 2.86. The Hall–Kier alpha value is -3.55. The lowest BCUT2D eigenvalue weighted by molar-refractivity contribution is -0.117. The first-order valence-corrected chi connectivity index (χ1v) is 9.22. The van der Waals surface area contributed by atoms with Gasteiger partial charge >= 0.3 is 5.97 Å². The number of fused-ring (bicyclic) bond motifs is 1. The van der Waals surface area contributed by atoms with Crippen LogP contribution in [0.1, 0.15) is 30.6 Å². The summed E-state index contributed by atoms with van der Waals surface area (Å²) in [5, 5.41) is 2.75. The number of carbonyl (C=O) groups is 3. The van der Waals surface area contributed by atoms with Crippen LogP contribution in [0.15, 0.2) is 42.5 Å². The lowest BCUT2D eigenvalue weighted by Crippen LogP contribution is -2.31. The van der Waals surface area contributed by atoms with Crippen LogP contribution in [0.4, 0.5) is 11.4 Å². The minimum Gasteiger partial charge on any atom is -0.462 e. The van der Waals surface area contributed by atoms with Gasteiger partial charge in [0.05, 0.1) is 12.2 Å². The molecule has 1 aliphatic heterocycles. The van der Waals surface area contributed by atoms with Gasteiger partial charge in [-0.15, -0.1) is 0 Å². The van der Waals surface area contributed by atoms with Crippen LogP contribution in [0, 0.1) is 0 Å². The zero-order valence-electron chi connectivity index (χ0n) is 16.3. The number of nitrogens with zero attached hydrogens (tertiary/aromatic N) is 1. The molecule has 0 unspecified atom stereocenters. The highest BCUT2D eigenvalue weighted by atomic mass is 16.7. The molecule has 0 saturated carbocycles. The molecule has 0 spiro atoms. The van der Waals surface area contributed by atoms with Crippen molar-refractivity contribution in [3.05, 3.63) is 48.0 Å². The molecule has 1 aliphatic rings. The molecule has 0 saturated heterocycles. The minimum atomic E-state index is -0.411. The van der Waals surface area contributed by atoms with E-state index in [0.29, 0.717) is 35.0 Å². The van der Waals surface area contributed by atoms with Crippen molar-refractivity contribution in [2.24, 2.45) is 0 Å². The first-order chi connectivity index (χ1) is 14.0. The summed E-state index contributed by atoms with van der Waals surface area (Å²) >= 11 is 0. The molecule has 152 valence electrons. The number of hydrogen-bond acceptors (Lipinski definition) is 6. The van der Waals surface area contributed by atoms with E-state index in [9.17, 15) is 14.4 Å². The summed E-state index contributed by atoms with van der Waals surface area (Å²) in [5.74, 6) is 0.351. The second-order valence-electron chi connectivity index (χ2n) is 6.30. The minimum absolute atomic E-state index is 0.105. The maximum atomic E-state index is 12.3. The Labute approximate surface area is 168 Å². The van der Waals surface area contributed by atoms with E-state index in [-0.39, 0.29) is 31.6 Å². The molecule has 2 amide bonds. The van der Waals surface area contributed by atoms with Gasteiger partial charge in [-0.3, -0.25) is 9.59 Å². The number of esters is 1. The number of benzene rings is 2. The van der Waals surface area contributed by atoms with E-state index in [1.54, 1.807) is 49.4 Å². The molecule has 2 aromatic carbocycles. The zero-order valence-corrected chi connectivity index (χ0v) is 16.3. The zero-order chi connectivity index (χ0) is 20.8. The second-order valence-corrected chi connectivity index (χ2v) is 6.30. The molecule has 1 heterocycles. The highest BCUT2D eigenvalue weighted by molar-refractivity contribution is 5.95. The lowest BCUT2D eigenvalue weighted by atomic mass is 10.2. The van der Waals surface area contributed by atoms with Crippen LogP contribution in [-0.2, 0) is 14.3 Å². The summed E-state index contributed by atoms with van der Waals surface area (Å²) in [6.45, 7) is 3.84. The Balaban J connectivity index is 1.58.